The molecule has 0 aliphatic carbocycles. The Balaban J connectivity index is 1.21. The molecule has 5 rings (SSSR count). The second-order valence-electron chi connectivity index (χ2n) is 7.10. The summed E-state index contributed by atoms with van der Waals surface area (Å²) in [4.78, 5) is 26.5. The molecule has 2 amide bonds. The highest BCUT2D eigenvalue weighted by Crippen LogP contribution is 2.33. The Hall–Kier alpha value is -3.88. The van der Waals surface area contributed by atoms with Gasteiger partial charge in [0.25, 0.3) is 0 Å². The van der Waals surface area contributed by atoms with Crippen LogP contribution >= 0.6 is 0 Å². The molecule has 1 atom stereocenters. The Kier molecular flexibility index (Phi) is 4.55. The van der Waals surface area contributed by atoms with E-state index in [0.717, 1.165) is 11.3 Å². The van der Waals surface area contributed by atoms with Crippen LogP contribution in [0.2, 0.25) is 0 Å². The number of ether oxygens (including phenoxy) is 2. The lowest BCUT2D eigenvalue weighted by molar-refractivity contribution is -0.122. The van der Waals surface area contributed by atoms with Crippen LogP contribution in [0.25, 0.3) is 0 Å². The lowest BCUT2D eigenvalue weighted by atomic mass is 10.1. The van der Waals surface area contributed by atoms with Gasteiger partial charge in [-0.25, -0.2) is 0 Å². The quantitative estimate of drug-likeness (QED) is 0.693. The number of para-hydroxylation sites is 1. The van der Waals surface area contributed by atoms with Gasteiger partial charge in [0.05, 0.1) is 12.3 Å². The lowest BCUT2D eigenvalue weighted by Crippen LogP contribution is -2.28. The lowest BCUT2D eigenvalue weighted by Gasteiger charge is -2.16. The van der Waals surface area contributed by atoms with Gasteiger partial charge < -0.3 is 18.8 Å². The molecular weight excluding hydrogens is 388 g/mol. The van der Waals surface area contributed by atoms with Crippen LogP contribution in [0.15, 0.2) is 52.9 Å². The standard InChI is InChI=1S/C21H18N4O5/c26-19-10-14(11-25(19)15-4-2-1-3-5-15)20(27)22-21-24-23-18(30-21)9-13-6-7-16-17(8-13)29-12-28-16/h1-8,14H,9-12H2,(H,22,24,27). The second kappa shape index (κ2) is 7.51. The SMILES string of the molecule is O=C(Nc1nnc(Cc2ccc3c(c2)OCO3)o1)C1CC(=O)N(c2ccccc2)C1. The summed E-state index contributed by atoms with van der Waals surface area (Å²) in [5.41, 5.74) is 1.70. The molecule has 0 bridgehead atoms. The summed E-state index contributed by atoms with van der Waals surface area (Å²) in [5, 5.41) is 10.5. The molecule has 0 radical (unpaired) electrons. The first-order chi connectivity index (χ1) is 14.7. The Morgan fingerprint density at radius 3 is 2.80 bits per heavy atom. The number of carbonyl (C=O) groups excluding carboxylic acids is 2. The predicted molar refractivity (Wildman–Crippen MR) is 105 cm³/mol. The first-order valence-electron chi connectivity index (χ1n) is 9.53. The third-order valence-corrected chi connectivity index (χ3v) is 5.05. The van der Waals surface area contributed by atoms with Crippen molar-refractivity contribution in [3.8, 4) is 11.5 Å². The number of aromatic nitrogens is 2. The van der Waals surface area contributed by atoms with Gasteiger partial charge in [0.15, 0.2) is 11.5 Å². The average Bonchev–Trinajstić information content (AvgIpc) is 3.48. The number of hydrogen-bond acceptors (Lipinski definition) is 7. The molecule has 152 valence electrons. The van der Waals surface area contributed by atoms with E-state index in [1.54, 1.807) is 4.90 Å². The summed E-state index contributed by atoms with van der Waals surface area (Å²) in [6.45, 7) is 0.522. The van der Waals surface area contributed by atoms with E-state index in [1.807, 2.05) is 48.5 Å². The van der Waals surface area contributed by atoms with Crippen LogP contribution in [0.5, 0.6) is 11.5 Å². The topological polar surface area (TPSA) is 107 Å². The van der Waals surface area contributed by atoms with E-state index in [2.05, 4.69) is 15.5 Å². The molecule has 2 aromatic carbocycles. The Labute approximate surface area is 171 Å². The minimum absolute atomic E-state index is 0.0151. The summed E-state index contributed by atoms with van der Waals surface area (Å²) in [6.07, 6.45) is 0.530. The maximum absolute atomic E-state index is 12.6. The van der Waals surface area contributed by atoms with Crippen molar-refractivity contribution in [1.29, 1.82) is 0 Å². The first kappa shape index (κ1) is 18.2. The van der Waals surface area contributed by atoms with Gasteiger partial charge in [-0.2, -0.15) is 0 Å². The number of fused-ring (bicyclic) bond motifs is 1. The Bertz CT molecular complexity index is 1100. The third kappa shape index (κ3) is 3.57. The number of nitrogens with zero attached hydrogens (tertiary/aromatic N) is 3. The molecule has 1 N–H and O–H groups in total. The molecule has 30 heavy (non-hydrogen) atoms. The average molecular weight is 406 g/mol. The normalized spacial score (nSPS) is 17.4. The Morgan fingerprint density at radius 2 is 1.93 bits per heavy atom. The number of carbonyl (C=O) groups is 2. The van der Waals surface area contributed by atoms with Crippen LogP contribution in [0.3, 0.4) is 0 Å². The fourth-order valence-corrected chi connectivity index (χ4v) is 3.55. The molecule has 9 heteroatoms. The van der Waals surface area contributed by atoms with Crippen molar-refractivity contribution in [2.45, 2.75) is 12.8 Å². The molecule has 2 aliphatic rings. The van der Waals surface area contributed by atoms with Crippen molar-refractivity contribution in [3.05, 3.63) is 60.0 Å². The van der Waals surface area contributed by atoms with Gasteiger partial charge in [0.2, 0.25) is 24.5 Å². The third-order valence-electron chi connectivity index (χ3n) is 5.05. The minimum Gasteiger partial charge on any atom is -0.454 e. The smallest absolute Gasteiger partial charge is 0.322 e. The maximum atomic E-state index is 12.6. The molecular formula is C21H18N4O5. The largest absolute Gasteiger partial charge is 0.454 e. The van der Waals surface area contributed by atoms with Crippen molar-refractivity contribution >= 4 is 23.5 Å². The molecule has 0 saturated carbocycles. The van der Waals surface area contributed by atoms with Crippen LogP contribution in [-0.2, 0) is 16.0 Å². The van der Waals surface area contributed by atoms with Crippen molar-refractivity contribution < 1.29 is 23.5 Å². The maximum Gasteiger partial charge on any atom is 0.322 e. The van der Waals surface area contributed by atoms with Gasteiger partial charge in [0.1, 0.15) is 0 Å². The molecule has 2 aliphatic heterocycles. The summed E-state index contributed by atoms with van der Waals surface area (Å²) >= 11 is 0. The van der Waals surface area contributed by atoms with Crippen molar-refractivity contribution in [1.82, 2.24) is 10.2 Å². The van der Waals surface area contributed by atoms with E-state index in [4.69, 9.17) is 13.9 Å². The second-order valence-corrected chi connectivity index (χ2v) is 7.10. The number of amides is 2. The highest BCUT2D eigenvalue weighted by atomic mass is 16.7. The molecule has 1 saturated heterocycles. The van der Waals surface area contributed by atoms with E-state index in [0.29, 0.717) is 30.4 Å². The molecule has 1 aromatic heterocycles. The van der Waals surface area contributed by atoms with Crippen molar-refractivity contribution in [3.63, 3.8) is 0 Å². The zero-order chi connectivity index (χ0) is 20.5. The van der Waals surface area contributed by atoms with Gasteiger partial charge in [-0.15, -0.1) is 5.10 Å². The van der Waals surface area contributed by atoms with Gasteiger partial charge in [-0.05, 0) is 29.8 Å². The summed E-state index contributed by atoms with van der Waals surface area (Å²) in [5.74, 6) is 0.845. The van der Waals surface area contributed by atoms with Gasteiger partial charge in [-0.1, -0.05) is 29.4 Å². The molecule has 1 unspecified atom stereocenters. The highest BCUT2D eigenvalue weighted by molar-refractivity contribution is 6.02. The van der Waals surface area contributed by atoms with Gasteiger partial charge >= 0.3 is 6.01 Å². The van der Waals surface area contributed by atoms with Crippen LogP contribution in [0.4, 0.5) is 11.7 Å². The van der Waals surface area contributed by atoms with Crippen LogP contribution < -0.4 is 19.7 Å². The fourth-order valence-electron chi connectivity index (χ4n) is 3.55. The number of rotatable bonds is 5. The van der Waals surface area contributed by atoms with E-state index in [-0.39, 0.29) is 31.0 Å². The molecule has 3 heterocycles. The van der Waals surface area contributed by atoms with E-state index >= 15 is 0 Å². The van der Waals surface area contributed by atoms with Crippen LogP contribution in [0, 0.1) is 5.92 Å². The minimum atomic E-state index is -0.484. The first-order valence-corrected chi connectivity index (χ1v) is 9.53. The van der Waals surface area contributed by atoms with Crippen LogP contribution in [0.1, 0.15) is 17.9 Å². The summed E-state index contributed by atoms with van der Waals surface area (Å²) in [7, 11) is 0. The van der Waals surface area contributed by atoms with E-state index < -0.39 is 5.92 Å². The van der Waals surface area contributed by atoms with Crippen LogP contribution in [-0.4, -0.2) is 35.3 Å². The van der Waals surface area contributed by atoms with Crippen molar-refractivity contribution in [2.24, 2.45) is 5.92 Å². The molecule has 3 aromatic rings. The monoisotopic (exact) mass is 406 g/mol. The number of hydrogen-bond donors (Lipinski definition) is 1. The number of anilines is 2. The molecule has 1 fully saturated rings. The zero-order valence-corrected chi connectivity index (χ0v) is 15.9. The van der Waals surface area contributed by atoms with E-state index in [9.17, 15) is 9.59 Å². The van der Waals surface area contributed by atoms with Gasteiger partial charge in [-0.3, -0.25) is 14.9 Å². The number of benzene rings is 2. The van der Waals surface area contributed by atoms with Crippen molar-refractivity contribution in [2.75, 3.05) is 23.6 Å². The summed E-state index contributed by atoms with van der Waals surface area (Å²) in [6, 6.07) is 14.9. The predicted octanol–water partition coefficient (Wildman–Crippen LogP) is 2.38. The highest BCUT2D eigenvalue weighted by Gasteiger charge is 2.35. The molecule has 0 spiro atoms. The number of nitrogens with one attached hydrogen (secondary N) is 1. The summed E-state index contributed by atoms with van der Waals surface area (Å²) < 4.78 is 16.2. The zero-order valence-electron chi connectivity index (χ0n) is 15.9. The van der Waals surface area contributed by atoms with E-state index in [1.165, 1.54) is 0 Å². The fraction of sp³-hybridized carbons (Fsp3) is 0.238. The molecule has 9 nitrogen and oxygen atoms in total. The van der Waals surface area contributed by atoms with Gasteiger partial charge in [0, 0.05) is 18.7 Å². The Morgan fingerprint density at radius 1 is 1.10 bits per heavy atom.